The Kier molecular flexibility index (Phi) is 5.50. The van der Waals surface area contributed by atoms with Gasteiger partial charge in [0.15, 0.2) is 0 Å². The van der Waals surface area contributed by atoms with Crippen molar-refractivity contribution in [2.24, 2.45) is 13.0 Å². The summed E-state index contributed by atoms with van der Waals surface area (Å²) < 4.78 is 2.06. The monoisotopic (exact) mass is 347 g/mol. The smallest absolute Gasteiger partial charge is 0.317 e. The van der Waals surface area contributed by atoms with E-state index >= 15 is 0 Å². The minimum Gasteiger partial charge on any atom is -0.338 e. The van der Waals surface area contributed by atoms with Crippen molar-refractivity contribution >= 4 is 17.4 Å². The molecule has 2 unspecified atom stereocenters. The number of nitrogens with one attached hydrogen (secondary N) is 1. The molecule has 7 heteroatoms. The number of imidazole rings is 1. The summed E-state index contributed by atoms with van der Waals surface area (Å²) in [4.78, 5) is 23.3. The van der Waals surface area contributed by atoms with E-state index < -0.39 is 0 Å². The van der Waals surface area contributed by atoms with Gasteiger partial charge in [-0.05, 0) is 25.2 Å². The normalized spacial score (nSPS) is 19.2. The number of piperidine rings is 1. The zero-order valence-corrected chi connectivity index (χ0v) is 15.1. The van der Waals surface area contributed by atoms with E-state index in [9.17, 15) is 4.79 Å². The lowest BCUT2D eigenvalue weighted by atomic mass is 9.94. The van der Waals surface area contributed by atoms with E-state index in [0.29, 0.717) is 5.92 Å². The molecule has 1 aliphatic rings. The fraction of sp³-hybridized carbons (Fsp3) is 0.588. The van der Waals surface area contributed by atoms with Crippen LogP contribution in [0.2, 0.25) is 0 Å². The largest absolute Gasteiger partial charge is 0.338 e. The Labute approximate surface area is 146 Å². The number of carbonyl (C=O) groups is 1. The molecule has 2 amide bonds. The highest BCUT2D eigenvalue weighted by molar-refractivity contribution is 7.09. The molecule has 0 radical (unpaired) electrons. The predicted molar refractivity (Wildman–Crippen MR) is 94.9 cm³/mol. The fourth-order valence-electron chi connectivity index (χ4n) is 3.25. The summed E-state index contributed by atoms with van der Waals surface area (Å²) in [5.74, 6) is 1.57. The molecule has 6 nitrogen and oxygen atoms in total. The summed E-state index contributed by atoms with van der Waals surface area (Å²) in [6.45, 7) is 3.70. The minimum absolute atomic E-state index is 0.00687. The zero-order chi connectivity index (χ0) is 16.9. The summed E-state index contributed by atoms with van der Waals surface area (Å²) in [6.07, 6.45) is 9.58. The standard InChI is InChI=1S/C17H25N5OS/c1-3-14(16-19-7-10-24-16)20-17(23)22-8-4-5-13(12-22)11-15-18-6-9-21(15)2/h6-7,9-10,13-14H,3-5,8,11-12H2,1-2H3,(H,20,23). The van der Waals surface area contributed by atoms with E-state index in [1.165, 1.54) is 0 Å². The number of nitrogens with zero attached hydrogens (tertiary/aromatic N) is 4. The van der Waals surface area contributed by atoms with Gasteiger partial charge in [-0.25, -0.2) is 14.8 Å². The fourth-order valence-corrected chi connectivity index (χ4v) is 4.03. The van der Waals surface area contributed by atoms with Gasteiger partial charge in [-0.3, -0.25) is 0 Å². The molecule has 1 aliphatic heterocycles. The van der Waals surface area contributed by atoms with E-state index in [1.807, 2.05) is 29.7 Å². The molecule has 0 bridgehead atoms. The van der Waals surface area contributed by atoms with Gasteiger partial charge in [0.1, 0.15) is 10.8 Å². The van der Waals surface area contributed by atoms with Crippen molar-refractivity contribution in [1.82, 2.24) is 24.8 Å². The van der Waals surface area contributed by atoms with Gasteiger partial charge in [0, 0.05) is 50.5 Å². The van der Waals surface area contributed by atoms with Crippen LogP contribution < -0.4 is 5.32 Å². The number of rotatable bonds is 5. The highest BCUT2D eigenvalue weighted by Crippen LogP contribution is 2.22. The van der Waals surface area contributed by atoms with Gasteiger partial charge in [0.2, 0.25) is 0 Å². The van der Waals surface area contributed by atoms with E-state index in [1.54, 1.807) is 17.5 Å². The molecule has 24 heavy (non-hydrogen) atoms. The summed E-state index contributed by atoms with van der Waals surface area (Å²) in [7, 11) is 2.02. The van der Waals surface area contributed by atoms with Crippen LogP contribution in [0, 0.1) is 5.92 Å². The van der Waals surface area contributed by atoms with Crippen LogP contribution in [0.5, 0.6) is 0 Å². The Morgan fingerprint density at radius 3 is 3.00 bits per heavy atom. The molecular weight excluding hydrogens is 322 g/mol. The molecule has 0 saturated carbocycles. The number of aryl methyl sites for hydroxylation is 1. The molecule has 2 aromatic rings. The second kappa shape index (κ2) is 7.79. The predicted octanol–water partition coefficient (Wildman–Crippen LogP) is 2.99. The zero-order valence-electron chi connectivity index (χ0n) is 14.3. The van der Waals surface area contributed by atoms with Gasteiger partial charge in [-0.2, -0.15) is 0 Å². The molecule has 3 rings (SSSR count). The van der Waals surface area contributed by atoms with Crippen molar-refractivity contribution < 1.29 is 4.79 Å². The van der Waals surface area contributed by atoms with Gasteiger partial charge in [0.25, 0.3) is 0 Å². The molecule has 1 fully saturated rings. The Hall–Kier alpha value is -1.89. The molecule has 130 valence electrons. The first kappa shape index (κ1) is 17.0. The first-order chi connectivity index (χ1) is 11.7. The summed E-state index contributed by atoms with van der Waals surface area (Å²) in [5.41, 5.74) is 0. The highest BCUT2D eigenvalue weighted by atomic mass is 32.1. The van der Waals surface area contributed by atoms with Gasteiger partial charge in [0.05, 0.1) is 6.04 Å². The molecule has 0 spiro atoms. The minimum atomic E-state index is 0.00687. The third kappa shape index (κ3) is 3.95. The SMILES string of the molecule is CCC(NC(=O)N1CCCC(Cc2nccn2C)C1)c1nccs1. The molecule has 1 saturated heterocycles. The quantitative estimate of drug-likeness (QED) is 0.904. The van der Waals surface area contributed by atoms with Gasteiger partial charge >= 0.3 is 6.03 Å². The van der Waals surface area contributed by atoms with Crippen molar-refractivity contribution in [1.29, 1.82) is 0 Å². The Morgan fingerprint density at radius 2 is 2.33 bits per heavy atom. The van der Waals surface area contributed by atoms with Gasteiger partial charge in [-0.15, -0.1) is 11.3 Å². The second-order valence-electron chi connectivity index (χ2n) is 6.39. The molecule has 1 N–H and O–H groups in total. The van der Waals surface area contributed by atoms with E-state index in [-0.39, 0.29) is 12.1 Å². The average molecular weight is 347 g/mol. The molecule has 0 aromatic carbocycles. The molecular formula is C17H25N5OS. The van der Waals surface area contributed by atoms with Crippen LogP contribution in [-0.4, -0.2) is 38.6 Å². The second-order valence-corrected chi connectivity index (χ2v) is 7.32. The topological polar surface area (TPSA) is 63.1 Å². The van der Waals surface area contributed by atoms with Crippen LogP contribution >= 0.6 is 11.3 Å². The maximum Gasteiger partial charge on any atom is 0.317 e. The van der Waals surface area contributed by atoms with Crippen molar-refractivity contribution in [3.63, 3.8) is 0 Å². The van der Waals surface area contributed by atoms with Crippen LogP contribution in [0.15, 0.2) is 24.0 Å². The maximum atomic E-state index is 12.6. The lowest BCUT2D eigenvalue weighted by molar-refractivity contribution is 0.161. The lowest BCUT2D eigenvalue weighted by Crippen LogP contribution is -2.46. The number of hydrogen-bond donors (Lipinski definition) is 1. The van der Waals surface area contributed by atoms with Crippen molar-refractivity contribution in [2.45, 2.75) is 38.6 Å². The summed E-state index contributed by atoms with van der Waals surface area (Å²) in [6, 6.07) is 0.0361. The van der Waals surface area contributed by atoms with E-state index in [2.05, 4.69) is 26.8 Å². The molecule has 2 atom stereocenters. The van der Waals surface area contributed by atoms with Gasteiger partial charge in [-0.1, -0.05) is 6.92 Å². The molecule has 0 aliphatic carbocycles. The van der Waals surface area contributed by atoms with Crippen LogP contribution in [0.4, 0.5) is 4.79 Å². The Balaban J connectivity index is 1.57. The average Bonchev–Trinajstić information content (AvgIpc) is 3.25. The number of amides is 2. The van der Waals surface area contributed by atoms with Crippen molar-refractivity contribution in [2.75, 3.05) is 13.1 Å². The Morgan fingerprint density at radius 1 is 1.46 bits per heavy atom. The van der Waals surface area contributed by atoms with Crippen LogP contribution in [0.1, 0.15) is 43.1 Å². The number of carbonyl (C=O) groups excluding carboxylic acids is 1. The number of thiazole rings is 1. The highest BCUT2D eigenvalue weighted by Gasteiger charge is 2.26. The van der Waals surface area contributed by atoms with Crippen LogP contribution in [-0.2, 0) is 13.5 Å². The van der Waals surface area contributed by atoms with Gasteiger partial charge < -0.3 is 14.8 Å². The number of urea groups is 1. The number of aromatic nitrogens is 3. The number of likely N-dealkylation sites (tertiary alicyclic amines) is 1. The van der Waals surface area contributed by atoms with Crippen LogP contribution in [0.25, 0.3) is 0 Å². The Bertz CT molecular complexity index is 654. The third-order valence-corrected chi connectivity index (χ3v) is 5.54. The maximum absolute atomic E-state index is 12.6. The number of hydrogen-bond acceptors (Lipinski definition) is 4. The van der Waals surface area contributed by atoms with Crippen molar-refractivity contribution in [3.8, 4) is 0 Å². The summed E-state index contributed by atoms with van der Waals surface area (Å²) in [5, 5.41) is 6.08. The summed E-state index contributed by atoms with van der Waals surface area (Å²) >= 11 is 1.59. The van der Waals surface area contributed by atoms with E-state index in [4.69, 9.17) is 0 Å². The molecule has 3 heterocycles. The lowest BCUT2D eigenvalue weighted by Gasteiger charge is -2.33. The molecule has 2 aromatic heterocycles. The first-order valence-corrected chi connectivity index (χ1v) is 9.46. The first-order valence-electron chi connectivity index (χ1n) is 8.58. The van der Waals surface area contributed by atoms with Crippen LogP contribution in [0.3, 0.4) is 0 Å². The van der Waals surface area contributed by atoms with E-state index in [0.717, 1.165) is 49.6 Å². The third-order valence-electron chi connectivity index (χ3n) is 4.65. The van der Waals surface area contributed by atoms with Crippen molar-refractivity contribution in [3.05, 3.63) is 34.8 Å².